The van der Waals surface area contributed by atoms with E-state index in [0.29, 0.717) is 18.7 Å². The second kappa shape index (κ2) is 6.31. The Hall–Kier alpha value is -1.91. The largest absolute Gasteiger partial charge is 0.466 e. The third kappa shape index (κ3) is 3.30. The third-order valence-electron chi connectivity index (χ3n) is 3.29. The minimum Gasteiger partial charge on any atom is -0.466 e. The fourth-order valence-corrected chi connectivity index (χ4v) is 2.35. The second-order valence-electron chi connectivity index (χ2n) is 4.63. The van der Waals surface area contributed by atoms with E-state index >= 15 is 0 Å². The summed E-state index contributed by atoms with van der Waals surface area (Å²) in [6.45, 7) is 3.73. The Labute approximate surface area is 112 Å². The summed E-state index contributed by atoms with van der Waals surface area (Å²) in [5.41, 5.74) is 1.44. The average molecular weight is 262 g/mol. The Morgan fingerprint density at radius 3 is 3.16 bits per heavy atom. The number of esters is 1. The average Bonchev–Trinajstić information content (AvgIpc) is 2.48. The minimum atomic E-state index is -0.133. The van der Waals surface area contributed by atoms with Crippen LogP contribution in [0.2, 0.25) is 0 Å². The van der Waals surface area contributed by atoms with Gasteiger partial charge in [0.05, 0.1) is 24.4 Å². The van der Waals surface area contributed by atoms with Crippen molar-refractivity contribution < 1.29 is 14.3 Å². The molecular weight excluding hydrogens is 244 g/mol. The SMILES string of the molecule is CCOC(=O)C1CCCN(c2cncc(C=O)c2)C1. The molecule has 1 unspecified atom stereocenters. The van der Waals surface area contributed by atoms with Gasteiger partial charge in [-0.3, -0.25) is 14.6 Å². The van der Waals surface area contributed by atoms with Crippen LogP contribution in [0, 0.1) is 5.92 Å². The van der Waals surface area contributed by atoms with Crippen molar-refractivity contribution in [2.45, 2.75) is 19.8 Å². The Bertz CT molecular complexity index is 462. The van der Waals surface area contributed by atoms with Gasteiger partial charge >= 0.3 is 5.97 Å². The van der Waals surface area contributed by atoms with Crippen molar-refractivity contribution in [3.63, 3.8) is 0 Å². The number of aldehydes is 1. The van der Waals surface area contributed by atoms with Crippen molar-refractivity contribution in [3.05, 3.63) is 24.0 Å². The van der Waals surface area contributed by atoms with E-state index in [4.69, 9.17) is 4.74 Å². The quantitative estimate of drug-likeness (QED) is 0.610. The van der Waals surface area contributed by atoms with Gasteiger partial charge in [-0.1, -0.05) is 0 Å². The number of carbonyl (C=O) groups excluding carboxylic acids is 2. The highest BCUT2D eigenvalue weighted by molar-refractivity contribution is 5.77. The van der Waals surface area contributed by atoms with Gasteiger partial charge in [-0.2, -0.15) is 0 Å². The first-order chi connectivity index (χ1) is 9.24. The van der Waals surface area contributed by atoms with Gasteiger partial charge in [0.25, 0.3) is 0 Å². The number of hydrogen-bond acceptors (Lipinski definition) is 5. The molecule has 0 radical (unpaired) electrons. The van der Waals surface area contributed by atoms with Gasteiger partial charge < -0.3 is 9.64 Å². The predicted octanol–water partition coefficient (Wildman–Crippen LogP) is 1.67. The van der Waals surface area contributed by atoms with E-state index in [9.17, 15) is 9.59 Å². The maximum atomic E-state index is 11.8. The van der Waals surface area contributed by atoms with Gasteiger partial charge in [0.15, 0.2) is 6.29 Å². The lowest BCUT2D eigenvalue weighted by Gasteiger charge is -2.33. The van der Waals surface area contributed by atoms with Gasteiger partial charge in [0, 0.05) is 24.8 Å². The standard InChI is InChI=1S/C14H18N2O3/c1-2-19-14(18)12-4-3-5-16(9-12)13-6-11(10-17)7-15-8-13/h6-8,10,12H,2-5,9H2,1H3. The van der Waals surface area contributed by atoms with E-state index in [1.54, 1.807) is 12.3 Å². The van der Waals surface area contributed by atoms with Crippen molar-refractivity contribution in [1.29, 1.82) is 0 Å². The summed E-state index contributed by atoms with van der Waals surface area (Å²) in [5, 5.41) is 0. The molecule has 0 saturated carbocycles. The van der Waals surface area contributed by atoms with E-state index in [1.807, 2.05) is 6.92 Å². The monoisotopic (exact) mass is 262 g/mol. The summed E-state index contributed by atoms with van der Waals surface area (Å²) in [7, 11) is 0. The molecule has 1 atom stereocenters. The first-order valence-corrected chi connectivity index (χ1v) is 6.56. The van der Waals surface area contributed by atoms with Crippen molar-refractivity contribution in [2.24, 2.45) is 5.92 Å². The zero-order valence-electron chi connectivity index (χ0n) is 11.0. The molecular formula is C14H18N2O3. The molecule has 102 valence electrons. The Balaban J connectivity index is 2.07. The van der Waals surface area contributed by atoms with Gasteiger partial charge in [0.2, 0.25) is 0 Å². The van der Waals surface area contributed by atoms with Crippen LogP contribution in [0.5, 0.6) is 0 Å². The van der Waals surface area contributed by atoms with Gasteiger partial charge in [-0.15, -0.1) is 0 Å². The first-order valence-electron chi connectivity index (χ1n) is 6.56. The minimum absolute atomic E-state index is 0.0893. The number of rotatable bonds is 4. The molecule has 5 heteroatoms. The summed E-state index contributed by atoms with van der Waals surface area (Å²) in [6, 6.07) is 1.80. The third-order valence-corrected chi connectivity index (χ3v) is 3.29. The molecule has 1 aliphatic heterocycles. The second-order valence-corrected chi connectivity index (χ2v) is 4.63. The molecule has 1 saturated heterocycles. The van der Waals surface area contributed by atoms with Gasteiger partial charge in [-0.25, -0.2) is 0 Å². The Kier molecular flexibility index (Phi) is 4.49. The Morgan fingerprint density at radius 1 is 1.58 bits per heavy atom. The topological polar surface area (TPSA) is 59.5 Å². The highest BCUT2D eigenvalue weighted by Gasteiger charge is 2.27. The highest BCUT2D eigenvalue weighted by Crippen LogP contribution is 2.23. The number of anilines is 1. The molecule has 5 nitrogen and oxygen atoms in total. The number of ether oxygens (including phenoxy) is 1. The number of aromatic nitrogens is 1. The van der Waals surface area contributed by atoms with Crippen molar-refractivity contribution in [1.82, 2.24) is 4.98 Å². The maximum Gasteiger partial charge on any atom is 0.310 e. The molecule has 19 heavy (non-hydrogen) atoms. The van der Waals surface area contributed by atoms with Crippen molar-refractivity contribution in [2.75, 3.05) is 24.6 Å². The normalized spacial score (nSPS) is 19.0. The summed E-state index contributed by atoms with van der Waals surface area (Å²) in [6.07, 6.45) is 5.83. The lowest BCUT2D eigenvalue weighted by molar-refractivity contribution is -0.148. The highest BCUT2D eigenvalue weighted by atomic mass is 16.5. The number of piperidine rings is 1. The lowest BCUT2D eigenvalue weighted by atomic mass is 9.98. The molecule has 0 aromatic carbocycles. The molecule has 0 bridgehead atoms. The first kappa shape index (κ1) is 13.5. The van der Waals surface area contributed by atoms with Crippen LogP contribution < -0.4 is 4.90 Å². The van der Waals surface area contributed by atoms with E-state index in [1.165, 1.54) is 6.20 Å². The molecule has 0 spiro atoms. The zero-order valence-corrected chi connectivity index (χ0v) is 11.0. The number of carbonyl (C=O) groups is 2. The number of pyridine rings is 1. The molecule has 0 N–H and O–H groups in total. The van der Waals surface area contributed by atoms with Crippen molar-refractivity contribution >= 4 is 17.9 Å². The number of hydrogen-bond donors (Lipinski definition) is 0. The summed E-state index contributed by atoms with van der Waals surface area (Å²) in [5.74, 6) is -0.222. The van der Waals surface area contributed by atoms with E-state index in [0.717, 1.165) is 31.4 Å². The molecule has 0 amide bonds. The van der Waals surface area contributed by atoms with Crippen LogP contribution in [0.4, 0.5) is 5.69 Å². The summed E-state index contributed by atoms with van der Waals surface area (Å²) >= 11 is 0. The smallest absolute Gasteiger partial charge is 0.310 e. The fraction of sp³-hybridized carbons (Fsp3) is 0.500. The number of nitrogens with zero attached hydrogens (tertiary/aromatic N) is 2. The molecule has 2 heterocycles. The molecule has 1 aliphatic rings. The zero-order chi connectivity index (χ0) is 13.7. The van der Waals surface area contributed by atoms with Crippen LogP contribution >= 0.6 is 0 Å². The summed E-state index contributed by atoms with van der Waals surface area (Å²) < 4.78 is 5.07. The maximum absolute atomic E-state index is 11.8. The van der Waals surface area contributed by atoms with Crippen LogP contribution in [-0.2, 0) is 9.53 Å². The molecule has 2 rings (SSSR count). The molecule has 1 aromatic heterocycles. The fourth-order valence-electron chi connectivity index (χ4n) is 2.35. The molecule has 0 aliphatic carbocycles. The Morgan fingerprint density at radius 2 is 2.42 bits per heavy atom. The van der Waals surface area contributed by atoms with E-state index < -0.39 is 0 Å². The predicted molar refractivity (Wildman–Crippen MR) is 71.2 cm³/mol. The lowest BCUT2D eigenvalue weighted by Crippen LogP contribution is -2.39. The van der Waals surface area contributed by atoms with Crippen LogP contribution in [0.25, 0.3) is 0 Å². The van der Waals surface area contributed by atoms with Gasteiger partial charge in [-0.05, 0) is 25.8 Å². The van der Waals surface area contributed by atoms with E-state index in [2.05, 4.69) is 9.88 Å². The van der Waals surface area contributed by atoms with Crippen LogP contribution in [0.1, 0.15) is 30.1 Å². The van der Waals surface area contributed by atoms with Crippen LogP contribution in [0.3, 0.4) is 0 Å². The van der Waals surface area contributed by atoms with Crippen LogP contribution in [0.15, 0.2) is 18.5 Å². The molecule has 1 fully saturated rings. The summed E-state index contributed by atoms with van der Waals surface area (Å²) in [4.78, 5) is 28.7. The molecule has 1 aromatic rings. The van der Waals surface area contributed by atoms with Gasteiger partial charge in [0.1, 0.15) is 0 Å². The van der Waals surface area contributed by atoms with Crippen LogP contribution in [-0.4, -0.2) is 36.9 Å². The van der Waals surface area contributed by atoms with Crippen molar-refractivity contribution in [3.8, 4) is 0 Å². The van der Waals surface area contributed by atoms with E-state index in [-0.39, 0.29) is 11.9 Å².